The third-order valence-corrected chi connectivity index (χ3v) is 6.58. The van der Waals surface area contributed by atoms with Gasteiger partial charge in [0.15, 0.2) is 0 Å². The third kappa shape index (κ3) is 4.99. The number of benzene rings is 3. The van der Waals surface area contributed by atoms with Crippen LogP contribution in [0, 0.1) is 0 Å². The fourth-order valence-corrected chi connectivity index (χ4v) is 4.57. The molecule has 37 heavy (non-hydrogen) atoms. The molecule has 0 aliphatic carbocycles. The van der Waals surface area contributed by atoms with Gasteiger partial charge in [-0.2, -0.15) is 0 Å². The molecule has 1 amide bonds. The lowest BCUT2D eigenvalue weighted by Gasteiger charge is -2.16. The highest BCUT2D eigenvalue weighted by Gasteiger charge is 2.28. The summed E-state index contributed by atoms with van der Waals surface area (Å²) in [6, 6.07) is 20.2. The van der Waals surface area contributed by atoms with Gasteiger partial charge in [-0.05, 0) is 65.7 Å². The van der Waals surface area contributed by atoms with Gasteiger partial charge in [-0.1, -0.05) is 23.7 Å². The van der Waals surface area contributed by atoms with E-state index in [9.17, 15) is 14.7 Å². The van der Waals surface area contributed by atoms with Gasteiger partial charge in [-0.3, -0.25) is 14.6 Å². The lowest BCUT2D eigenvalue weighted by molar-refractivity contribution is -0.116. The summed E-state index contributed by atoms with van der Waals surface area (Å²) in [6.07, 6.45) is 1.79. The van der Waals surface area contributed by atoms with Gasteiger partial charge in [0.05, 0.1) is 25.3 Å². The first kappa shape index (κ1) is 24.3. The van der Waals surface area contributed by atoms with Crippen LogP contribution in [-0.2, 0) is 11.8 Å². The van der Waals surface area contributed by atoms with Crippen molar-refractivity contribution in [2.45, 2.75) is 12.5 Å². The van der Waals surface area contributed by atoms with Crippen LogP contribution in [-0.4, -0.2) is 28.4 Å². The van der Waals surface area contributed by atoms with E-state index in [4.69, 9.17) is 21.3 Å². The second-order valence-electron chi connectivity index (χ2n) is 8.80. The van der Waals surface area contributed by atoms with Gasteiger partial charge < -0.3 is 19.7 Å². The normalized spacial score (nSPS) is 14.1. The Morgan fingerprint density at radius 1 is 1.03 bits per heavy atom. The second-order valence-corrected chi connectivity index (χ2v) is 9.24. The van der Waals surface area contributed by atoms with Crippen LogP contribution >= 0.6 is 11.6 Å². The maximum atomic E-state index is 13.1. The summed E-state index contributed by atoms with van der Waals surface area (Å²) < 4.78 is 7.03. The number of carbonyl (C=O) groups is 1. The molecule has 2 N–H and O–H groups in total. The van der Waals surface area contributed by atoms with Crippen LogP contribution in [0.4, 0.5) is 5.69 Å². The molecule has 1 aliphatic rings. The molecular formula is C29H24ClN3O4. The van der Waals surface area contributed by atoms with Crippen molar-refractivity contribution in [3.05, 3.63) is 111 Å². The quantitative estimate of drug-likeness (QED) is 0.352. The summed E-state index contributed by atoms with van der Waals surface area (Å²) >= 11 is 6.16. The van der Waals surface area contributed by atoms with Crippen molar-refractivity contribution < 1.29 is 14.6 Å². The van der Waals surface area contributed by atoms with Crippen LogP contribution in [0.1, 0.15) is 29.2 Å². The van der Waals surface area contributed by atoms with E-state index < -0.39 is 6.04 Å². The Kier molecular flexibility index (Phi) is 6.54. The number of nitrogens with zero attached hydrogens (tertiary/aromatic N) is 2. The van der Waals surface area contributed by atoms with E-state index in [2.05, 4.69) is 5.32 Å². The van der Waals surface area contributed by atoms with Gasteiger partial charge in [0, 0.05) is 46.7 Å². The Morgan fingerprint density at radius 3 is 2.46 bits per heavy atom. The number of aromatic hydroxyl groups is 1. The fourth-order valence-electron chi connectivity index (χ4n) is 4.45. The van der Waals surface area contributed by atoms with Crippen molar-refractivity contribution in [2.75, 3.05) is 12.4 Å². The number of amides is 1. The van der Waals surface area contributed by atoms with Gasteiger partial charge in [-0.25, -0.2) is 0 Å². The van der Waals surface area contributed by atoms with Crippen molar-refractivity contribution in [3.8, 4) is 22.6 Å². The number of halogens is 1. The van der Waals surface area contributed by atoms with Gasteiger partial charge in [0.25, 0.3) is 5.56 Å². The molecule has 4 aromatic rings. The standard InChI is InChI=1S/C29H24ClN3O4/c1-33-16-25-22-12-11-21(37-2)13-24(22)29(17-3-5-18(30)6-4-17)32-26(23(25)14-28(33)36)15-27(35)31-19-7-9-20(34)10-8-19/h3-14,16,26,34H,15H2,1-2H3,(H,31,35)/t26-/m1/s1. The van der Waals surface area contributed by atoms with Crippen LogP contribution < -0.4 is 15.6 Å². The number of phenolic OH excluding ortho intramolecular Hbond substituents is 1. The van der Waals surface area contributed by atoms with Gasteiger partial charge in [-0.15, -0.1) is 0 Å². The minimum Gasteiger partial charge on any atom is -0.508 e. The number of nitrogens with one attached hydrogen (secondary N) is 1. The highest BCUT2D eigenvalue weighted by Crippen LogP contribution is 2.39. The molecule has 1 aliphatic heterocycles. The number of hydrogen-bond acceptors (Lipinski definition) is 5. The maximum absolute atomic E-state index is 13.1. The SMILES string of the molecule is COc1ccc2c(c1)C(c1ccc(Cl)cc1)=N[C@H](CC(=O)Nc1ccc(O)cc1)c1cc(=O)n(C)cc1-2. The number of aliphatic imine (C=N–C) groups is 1. The lowest BCUT2D eigenvalue weighted by Crippen LogP contribution is -2.20. The zero-order chi connectivity index (χ0) is 26.1. The van der Waals surface area contributed by atoms with Gasteiger partial charge in [0.1, 0.15) is 11.5 Å². The smallest absolute Gasteiger partial charge is 0.250 e. The number of fused-ring (bicyclic) bond motifs is 3. The average Bonchev–Trinajstić information content (AvgIpc) is 3.01. The Hall–Kier alpha value is -4.36. The molecule has 186 valence electrons. The van der Waals surface area contributed by atoms with E-state index in [1.54, 1.807) is 50.7 Å². The van der Waals surface area contributed by atoms with Crippen LogP contribution in [0.15, 0.2) is 88.8 Å². The van der Waals surface area contributed by atoms with Crippen LogP contribution in [0.5, 0.6) is 11.5 Å². The first-order valence-electron chi connectivity index (χ1n) is 11.6. The van der Waals surface area contributed by atoms with E-state index in [-0.39, 0.29) is 23.6 Å². The van der Waals surface area contributed by atoms with Crippen molar-refractivity contribution in [1.29, 1.82) is 0 Å². The Morgan fingerprint density at radius 2 is 1.76 bits per heavy atom. The molecule has 3 aromatic carbocycles. The number of rotatable bonds is 5. The minimum atomic E-state index is -0.634. The third-order valence-electron chi connectivity index (χ3n) is 6.32. The Bertz CT molecular complexity index is 1570. The number of anilines is 1. The van der Waals surface area contributed by atoms with Crippen LogP contribution in [0.25, 0.3) is 11.1 Å². The summed E-state index contributed by atoms with van der Waals surface area (Å²) in [5.41, 5.74) is 5.03. The number of pyridine rings is 1. The first-order chi connectivity index (χ1) is 17.8. The minimum absolute atomic E-state index is 0.00323. The molecule has 5 rings (SSSR count). The van der Waals surface area contributed by atoms with Crippen molar-refractivity contribution in [3.63, 3.8) is 0 Å². The summed E-state index contributed by atoms with van der Waals surface area (Å²) in [4.78, 5) is 30.9. The molecule has 0 radical (unpaired) electrons. The first-order valence-corrected chi connectivity index (χ1v) is 12.0. The Balaban J connectivity index is 1.67. The molecule has 0 bridgehead atoms. The number of carbonyl (C=O) groups excluding carboxylic acids is 1. The Labute approximate surface area is 218 Å². The zero-order valence-electron chi connectivity index (χ0n) is 20.2. The van der Waals surface area contributed by atoms with Gasteiger partial charge >= 0.3 is 0 Å². The molecule has 8 heteroatoms. The van der Waals surface area contributed by atoms with E-state index in [1.165, 1.54) is 16.7 Å². The number of phenols is 1. The van der Waals surface area contributed by atoms with E-state index >= 15 is 0 Å². The van der Waals surface area contributed by atoms with E-state index in [0.717, 1.165) is 22.3 Å². The molecule has 0 saturated heterocycles. The molecular weight excluding hydrogens is 490 g/mol. The number of aryl methyl sites for hydroxylation is 1. The summed E-state index contributed by atoms with van der Waals surface area (Å²) in [6.45, 7) is 0. The van der Waals surface area contributed by atoms with E-state index in [0.29, 0.717) is 27.7 Å². The molecule has 7 nitrogen and oxygen atoms in total. The predicted molar refractivity (Wildman–Crippen MR) is 145 cm³/mol. The predicted octanol–water partition coefficient (Wildman–Crippen LogP) is 5.34. The number of aromatic nitrogens is 1. The van der Waals surface area contributed by atoms with E-state index in [1.807, 2.05) is 30.3 Å². The highest BCUT2D eigenvalue weighted by molar-refractivity contribution is 6.30. The molecule has 2 heterocycles. The summed E-state index contributed by atoms with van der Waals surface area (Å²) in [5, 5.41) is 13.0. The molecule has 0 fully saturated rings. The maximum Gasteiger partial charge on any atom is 0.250 e. The van der Waals surface area contributed by atoms with Gasteiger partial charge in [0.2, 0.25) is 5.91 Å². The number of methoxy groups -OCH3 is 1. The van der Waals surface area contributed by atoms with Crippen molar-refractivity contribution in [2.24, 2.45) is 12.0 Å². The van der Waals surface area contributed by atoms with Crippen LogP contribution in [0.2, 0.25) is 5.02 Å². The van der Waals surface area contributed by atoms with Crippen molar-refractivity contribution >= 4 is 28.9 Å². The molecule has 0 unspecified atom stereocenters. The number of ether oxygens (including phenoxy) is 1. The van der Waals surface area contributed by atoms with Crippen molar-refractivity contribution in [1.82, 2.24) is 4.57 Å². The molecule has 1 aromatic heterocycles. The molecule has 1 atom stereocenters. The lowest BCUT2D eigenvalue weighted by atomic mass is 9.91. The molecule has 0 spiro atoms. The summed E-state index contributed by atoms with van der Waals surface area (Å²) in [7, 11) is 3.30. The topological polar surface area (TPSA) is 92.9 Å². The largest absolute Gasteiger partial charge is 0.508 e. The molecule has 0 saturated carbocycles. The summed E-state index contributed by atoms with van der Waals surface area (Å²) in [5.74, 6) is 0.498. The second kappa shape index (κ2) is 9.95. The van der Waals surface area contributed by atoms with Crippen LogP contribution in [0.3, 0.4) is 0 Å². The fraction of sp³-hybridized carbons (Fsp3) is 0.138. The number of hydrogen-bond donors (Lipinski definition) is 2. The monoisotopic (exact) mass is 513 g/mol. The zero-order valence-corrected chi connectivity index (χ0v) is 21.0. The highest BCUT2D eigenvalue weighted by atomic mass is 35.5. The average molecular weight is 514 g/mol.